The van der Waals surface area contributed by atoms with E-state index in [0.717, 1.165) is 25.9 Å². The number of phenolic OH excluding ortho intramolecular Hbond substituents is 1. The van der Waals surface area contributed by atoms with Crippen LogP contribution in [0.25, 0.3) is 0 Å². The summed E-state index contributed by atoms with van der Waals surface area (Å²) in [6, 6.07) is 4.81. The highest BCUT2D eigenvalue weighted by Crippen LogP contribution is 2.24. The van der Waals surface area contributed by atoms with Crippen molar-refractivity contribution in [3.05, 3.63) is 23.8 Å². The van der Waals surface area contributed by atoms with Gasteiger partial charge in [0.25, 0.3) is 0 Å². The van der Waals surface area contributed by atoms with Gasteiger partial charge in [0.05, 0.1) is 12.2 Å². The van der Waals surface area contributed by atoms with Crippen molar-refractivity contribution < 1.29 is 19.4 Å². The molecule has 0 saturated carbocycles. The maximum atomic E-state index is 10.8. The average Bonchev–Trinajstić information content (AvgIpc) is 2.61. The summed E-state index contributed by atoms with van der Waals surface area (Å²) in [5.74, 6) is 0.538. The molecule has 1 N–H and O–H groups in total. The monoisotopic (exact) mass is 350 g/mol. The topological polar surface area (TPSA) is 55.8 Å². The van der Waals surface area contributed by atoms with E-state index < -0.39 is 0 Å². The van der Waals surface area contributed by atoms with Gasteiger partial charge in [-0.3, -0.25) is 4.79 Å². The smallest absolute Gasteiger partial charge is 0.153 e. The fraction of sp³-hybridized carbons (Fsp3) is 0.667. The van der Waals surface area contributed by atoms with Crippen molar-refractivity contribution in [1.29, 1.82) is 0 Å². The highest BCUT2D eigenvalue weighted by molar-refractivity contribution is 5.79. The molecule has 0 fully saturated rings. The summed E-state index contributed by atoms with van der Waals surface area (Å²) in [5.41, 5.74) is 0.277. The van der Waals surface area contributed by atoms with Gasteiger partial charge in [0.2, 0.25) is 0 Å². The number of phenols is 1. The van der Waals surface area contributed by atoms with E-state index in [4.69, 9.17) is 9.47 Å². The SMILES string of the molecule is CCCCCCOCC(CCCCCC)Oc1ccc(C=O)c(O)c1. The van der Waals surface area contributed by atoms with Gasteiger partial charge in [0.15, 0.2) is 6.29 Å². The van der Waals surface area contributed by atoms with Crippen molar-refractivity contribution in [3.63, 3.8) is 0 Å². The van der Waals surface area contributed by atoms with Gasteiger partial charge in [-0.15, -0.1) is 0 Å². The number of aldehydes is 1. The third kappa shape index (κ3) is 9.49. The van der Waals surface area contributed by atoms with Crippen molar-refractivity contribution in [2.24, 2.45) is 0 Å². The average molecular weight is 350 g/mol. The lowest BCUT2D eigenvalue weighted by atomic mass is 10.1. The molecule has 1 unspecified atom stereocenters. The van der Waals surface area contributed by atoms with Crippen LogP contribution in [0.3, 0.4) is 0 Å². The summed E-state index contributed by atoms with van der Waals surface area (Å²) >= 11 is 0. The molecule has 0 amide bonds. The quantitative estimate of drug-likeness (QED) is 0.334. The van der Waals surface area contributed by atoms with Crippen LogP contribution in [0.1, 0.15) is 82.0 Å². The first-order valence-corrected chi connectivity index (χ1v) is 9.73. The number of benzene rings is 1. The summed E-state index contributed by atoms with van der Waals surface area (Å²) in [5, 5.41) is 9.80. The molecule has 0 spiro atoms. The molecule has 0 radical (unpaired) electrons. The summed E-state index contributed by atoms with van der Waals surface area (Å²) in [6.07, 6.45) is 11.1. The van der Waals surface area contributed by atoms with Crippen LogP contribution in [-0.4, -0.2) is 30.7 Å². The summed E-state index contributed by atoms with van der Waals surface area (Å²) in [7, 11) is 0. The third-order valence-electron chi connectivity index (χ3n) is 4.26. The molecule has 1 rings (SSSR count). The molecule has 0 aliphatic rings. The Balaban J connectivity index is 2.48. The van der Waals surface area contributed by atoms with Gasteiger partial charge in [-0.1, -0.05) is 52.4 Å². The first-order valence-electron chi connectivity index (χ1n) is 9.73. The molecule has 0 heterocycles. The van der Waals surface area contributed by atoms with E-state index in [9.17, 15) is 9.90 Å². The first kappa shape index (κ1) is 21.5. The third-order valence-corrected chi connectivity index (χ3v) is 4.26. The van der Waals surface area contributed by atoms with Crippen LogP contribution < -0.4 is 4.74 Å². The number of carbonyl (C=O) groups excluding carboxylic acids is 1. The van der Waals surface area contributed by atoms with Crippen LogP contribution in [0.2, 0.25) is 0 Å². The molecular formula is C21H34O4. The van der Waals surface area contributed by atoms with Crippen LogP contribution in [-0.2, 0) is 4.74 Å². The Hall–Kier alpha value is -1.55. The van der Waals surface area contributed by atoms with E-state index in [1.807, 2.05) is 0 Å². The van der Waals surface area contributed by atoms with Crippen LogP contribution in [0, 0.1) is 0 Å². The van der Waals surface area contributed by atoms with Crippen molar-refractivity contribution in [2.75, 3.05) is 13.2 Å². The molecule has 0 aliphatic heterocycles. The highest BCUT2D eigenvalue weighted by atomic mass is 16.5. The van der Waals surface area contributed by atoms with E-state index in [2.05, 4.69) is 13.8 Å². The van der Waals surface area contributed by atoms with Crippen LogP contribution in [0.4, 0.5) is 0 Å². The minimum Gasteiger partial charge on any atom is -0.507 e. The zero-order valence-corrected chi connectivity index (χ0v) is 15.8. The van der Waals surface area contributed by atoms with Gasteiger partial charge in [-0.2, -0.15) is 0 Å². The minimum absolute atomic E-state index is 0.0236. The predicted molar refractivity (Wildman–Crippen MR) is 102 cm³/mol. The van der Waals surface area contributed by atoms with E-state index in [-0.39, 0.29) is 17.4 Å². The second-order valence-corrected chi connectivity index (χ2v) is 6.56. The molecule has 0 aliphatic carbocycles. The zero-order chi connectivity index (χ0) is 18.3. The van der Waals surface area contributed by atoms with Gasteiger partial charge in [0, 0.05) is 12.7 Å². The summed E-state index contributed by atoms with van der Waals surface area (Å²) in [4.78, 5) is 10.8. The van der Waals surface area contributed by atoms with Gasteiger partial charge in [-0.25, -0.2) is 0 Å². The molecule has 1 aromatic rings. The Labute approximate surface area is 152 Å². The van der Waals surface area contributed by atoms with E-state index in [0.29, 0.717) is 18.6 Å². The normalized spacial score (nSPS) is 12.1. The van der Waals surface area contributed by atoms with Crippen molar-refractivity contribution in [1.82, 2.24) is 0 Å². The van der Waals surface area contributed by atoms with Gasteiger partial charge < -0.3 is 14.6 Å². The Morgan fingerprint density at radius 2 is 1.76 bits per heavy atom. The maximum absolute atomic E-state index is 10.8. The lowest BCUT2D eigenvalue weighted by Crippen LogP contribution is -2.23. The van der Waals surface area contributed by atoms with Crippen molar-refractivity contribution >= 4 is 6.29 Å². The number of hydrogen-bond donors (Lipinski definition) is 1. The number of carbonyl (C=O) groups is 1. The molecule has 4 heteroatoms. The van der Waals surface area contributed by atoms with Crippen LogP contribution >= 0.6 is 0 Å². The Kier molecular flexibility index (Phi) is 11.8. The zero-order valence-electron chi connectivity index (χ0n) is 15.8. The summed E-state index contributed by atoms with van der Waals surface area (Å²) in [6.45, 7) is 5.73. The number of ether oxygens (including phenoxy) is 2. The second kappa shape index (κ2) is 13.7. The molecule has 0 saturated heterocycles. The number of rotatable bonds is 15. The standard InChI is InChI=1S/C21H34O4/c1-3-5-7-9-11-20(17-24-14-10-8-6-4-2)25-19-13-12-18(16-22)21(23)15-19/h12-13,15-16,20,23H,3-11,14,17H2,1-2H3. The van der Waals surface area contributed by atoms with Gasteiger partial charge in [-0.05, 0) is 31.4 Å². The van der Waals surface area contributed by atoms with E-state index in [1.54, 1.807) is 12.1 Å². The summed E-state index contributed by atoms with van der Waals surface area (Å²) < 4.78 is 11.8. The fourth-order valence-corrected chi connectivity index (χ4v) is 2.71. The second-order valence-electron chi connectivity index (χ2n) is 6.56. The minimum atomic E-state index is -0.0438. The molecular weight excluding hydrogens is 316 g/mol. The van der Waals surface area contributed by atoms with E-state index >= 15 is 0 Å². The number of unbranched alkanes of at least 4 members (excludes halogenated alkanes) is 6. The molecule has 1 atom stereocenters. The Morgan fingerprint density at radius 1 is 1.04 bits per heavy atom. The van der Waals surface area contributed by atoms with Crippen LogP contribution in [0.5, 0.6) is 11.5 Å². The number of hydrogen-bond acceptors (Lipinski definition) is 4. The van der Waals surface area contributed by atoms with E-state index in [1.165, 1.54) is 44.6 Å². The predicted octanol–water partition coefficient (Wildman–Crippen LogP) is 5.52. The lowest BCUT2D eigenvalue weighted by Gasteiger charge is -2.20. The maximum Gasteiger partial charge on any atom is 0.153 e. The highest BCUT2D eigenvalue weighted by Gasteiger charge is 2.12. The largest absolute Gasteiger partial charge is 0.507 e. The molecule has 0 bridgehead atoms. The van der Waals surface area contributed by atoms with Crippen molar-refractivity contribution in [3.8, 4) is 11.5 Å². The van der Waals surface area contributed by atoms with Gasteiger partial charge >= 0.3 is 0 Å². The molecule has 0 aromatic heterocycles. The first-order chi connectivity index (χ1) is 12.2. The molecule has 142 valence electrons. The fourth-order valence-electron chi connectivity index (χ4n) is 2.71. The van der Waals surface area contributed by atoms with Crippen molar-refractivity contribution in [2.45, 2.75) is 77.7 Å². The lowest BCUT2D eigenvalue weighted by molar-refractivity contribution is 0.0428. The molecule has 1 aromatic carbocycles. The number of aromatic hydroxyl groups is 1. The van der Waals surface area contributed by atoms with Gasteiger partial charge in [0.1, 0.15) is 17.6 Å². The van der Waals surface area contributed by atoms with Crippen LogP contribution in [0.15, 0.2) is 18.2 Å². The Morgan fingerprint density at radius 3 is 2.40 bits per heavy atom. The molecule has 25 heavy (non-hydrogen) atoms. The molecule has 4 nitrogen and oxygen atoms in total. The Bertz CT molecular complexity index is 473.